The average molecular weight is 385 g/mol. The van der Waals surface area contributed by atoms with Crippen molar-refractivity contribution >= 4 is 28.5 Å². The predicted octanol–water partition coefficient (Wildman–Crippen LogP) is 4.42. The molecule has 1 saturated heterocycles. The quantitative estimate of drug-likeness (QED) is 0.740. The van der Waals surface area contributed by atoms with Crippen LogP contribution in [0.3, 0.4) is 0 Å². The number of nitrogens with zero attached hydrogens (tertiary/aromatic N) is 2. The number of rotatable bonds is 6. The number of ether oxygens (including phenoxy) is 2. The van der Waals surface area contributed by atoms with Crippen LogP contribution in [-0.2, 0) is 4.79 Å². The first-order valence-corrected chi connectivity index (χ1v) is 9.91. The van der Waals surface area contributed by atoms with E-state index in [9.17, 15) is 4.79 Å². The summed E-state index contributed by atoms with van der Waals surface area (Å²) in [5, 5.41) is 1.02. The molecule has 5 nitrogen and oxygen atoms in total. The number of benzene rings is 2. The molecule has 2 aromatic carbocycles. The van der Waals surface area contributed by atoms with E-state index in [0.717, 1.165) is 16.4 Å². The van der Waals surface area contributed by atoms with E-state index in [2.05, 4.69) is 11.9 Å². The van der Waals surface area contributed by atoms with Crippen molar-refractivity contribution in [1.82, 2.24) is 4.90 Å². The maximum Gasteiger partial charge on any atom is 0.266 e. The number of carbonyl (C=O) groups is 1. The number of thioether (sulfide) groups is 1. The first-order valence-electron chi connectivity index (χ1n) is 9.04. The second-order valence-corrected chi connectivity index (χ2v) is 7.74. The fraction of sp³-hybridized carbons (Fsp3) is 0.333. The summed E-state index contributed by atoms with van der Waals surface area (Å²) < 4.78 is 11.3. The Bertz CT molecular complexity index is 838. The molecule has 0 saturated carbocycles. The van der Waals surface area contributed by atoms with Crippen molar-refractivity contribution in [3.8, 4) is 11.5 Å². The molecule has 1 amide bonds. The lowest BCUT2D eigenvalue weighted by atomic mass is 10.2. The molecule has 1 heterocycles. The van der Waals surface area contributed by atoms with Crippen LogP contribution in [0.4, 0.5) is 5.69 Å². The monoisotopic (exact) mass is 384 g/mol. The Balaban J connectivity index is 1.71. The van der Waals surface area contributed by atoms with Crippen molar-refractivity contribution < 1.29 is 14.3 Å². The van der Waals surface area contributed by atoms with Gasteiger partial charge >= 0.3 is 0 Å². The second kappa shape index (κ2) is 8.95. The van der Waals surface area contributed by atoms with Gasteiger partial charge in [0.05, 0.1) is 12.3 Å². The Hall–Kier alpha value is -2.47. The van der Waals surface area contributed by atoms with Crippen LogP contribution in [0.25, 0.3) is 0 Å². The minimum Gasteiger partial charge on any atom is -0.490 e. The van der Waals surface area contributed by atoms with Gasteiger partial charge in [0, 0.05) is 11.8 Å². The molecule has 0 spiro atoms. The summed E-state index contributed by atoms with van der Waals surface area (Å²) in [6, 6.07) is 15.3. The largest absolute Gasteiger partial charge is 0.490 e. The SMILES string of the molecule is CCOc1ccccc1OCC(=O)N1C[C@H](C)SC1=Nc1cccc(C)c1. The summed E-state index contributed by atoms with van der Waals surface area (Å²) in [6.45, 7) is 7.16. The summed E-state index contributed by atoms with van der Waals surface area (Å²) in [7, 11) is 0. The van der Waals surface area contributed by atoms with Crippen LogP contribution in [0.15, 0.2) is 53.5 Å². The predicted molar refractivity (Wildman–Crippen MR) is 110 cm³/mol. The molecular weight excluding hydrogens is 360 g/mol. The van der Waals surface area contributed by atoms with Gasteiger partial charge < -0.3 is 9.47 Å². The summed E-state index contributed by atoms with van der Waals surface area (Å²) in [5.74, 6) is 1.11. The Kier molecular flexibility index (Phi) is 6.40. The minimum absolute atomic E-state index is 0.0514. The fourth-order valence-electron chi connectivity index (χ4n) is 2.78. The van der Waals surface area contributed by atoms with Gasteiger partial charge in [-0.15, -0.1) is 0 Å². The molecule has 6 heteroatoms. The van der Waals surface area contributed by atoms with E-state index in [1.54, 1.807) is 22.7 Å². The van der Waals surface area contributed by atoms with Gasteiger partial charge in [-0.05, 0) is 43.7 Å². The van der Waals surface area contributed by atoms with Gasteiger partial charge in [0.2, 0.25) is 0 Å². The minimum atomic E-state index is -0.107. The lowest BCUT2D eigenvalue weighted by Crippen LogP contribution is -2.36. The number of aryl methyl sites for hydroxylation is 1. The van der Waals surface area contributed by atoms with E-state index < -0.39 is 0 Å². The molecular formula is C21H24N2O3S. The smallest absolute Gasteiger partial charge is 0.266 e. The normalized spacial score (nSPS) is 18.0. The van der Waals surface area contributed by atoms with Crippen LogP contribution in [0.1, 0.15) is 19.4 Å². The Morgan fingerprint density at radius 2 is 1.93 bits per heavy atom. The molecule has 1 fully saturated rings. The van der Waals surface area contributed by atoms with Crippen LogP contribution in [0.2, 0.25) is 0 Å². The van der Waals surface area contributed by atoms with Crippen molar-refractivity contribution in [2.45, 2.75) is 26.0 Å². The summed E-state index contributed by atoms with van der Waals surface area (Å²) in [5.41, 5.74) is 1.99. The molecule has 0 N–H and O–H groups in total. The van der Waals surface area contributed by atoms with Gasteiger partial charge in [-0.1, -0.05) is 43.0 Å². The van der Waals surface area contributed by atoms with E-state index in [-0.39, 0.29) is 12.5 Å². The molecule has 2 aromatic rings. The molecule has 1 aliphatic heterocycles. The number of carbonyl (C=O) groups excluding carboxylic acids is 1. The highest BCUT2D eigenvalue weighted by molar-refractivity contribution is 8.14. The summed E-state index contributed by atoms with van der Waals surface area (Å²) in [6.07, 6.45) is 0. The highest BCUT2D eigenvalue weighted by Crippen LogP contribution is 2.30. The van der Waals surface area contributed by atoms with Gasteiger partial charge in [0.1, 0.15) is 0 Å². The van der Waals surface area contributed by atoms with Crippen LogP contribution >= 0.6 is 11.8 Å². The summed E-state index contributed by atoms with van der Waals surface area (Å²) in [4.78, 5) is 19.2. The third kappa shape index (κ3) is 5.04. The van der Waals surface area contributed by atoms with E-state index >= 15 is 0 Å². The molecule has 0 bridgehead atoms. The Morgan fingerprint density at radius 1 is 1.19 bits per heavy atom. The van der Waals surface area contributed by atoms with E-state index in [1.807, 2.05) is 56.3 Å². The average Bonchev–Trinajstić information content (AvgIpc) is 3.01. The molecule has 27 heavy (non-hydrogen) atoms. The zero-order valence-electron chi connectivity index (χ0n) is 15.8. The second-order valence-electron chi connectivity index (χ2n) is 6.33. The number of para-hydroxylation sites is 2. The van der Waals surface area contributed by atoms with Crippen molar-refractivity contribution in [2.24, 2.45) is 4.99 Å². The van der Waals surface area contributed by atoms with E-state index in [4.69, 9.17) is 9.47 Å². The Labute approximate surface area is 164 Å². The third-order valence-electron chi connectivity index (χ3n) is 4.00. The van der Waals surface area contributed by atoms with Crippen LogP contribution in [0, 0.1) is 6.92 Å². The van der Waals surface area contributed by atoms with Gasteiger partial charge in [-0.2, -0.15) is 0 Å². The number of amidine groups is 1. The van der Waals surface area contributed by atoms with E-state index in [0.29, 0.717) is 29.9 Å². The number of hydrogen-bond acceptors (Lipinski definition) is 5. The third-order valence-corrected chi connectivity index (χ3v) is 5.08. The first kappa shape index (κ1) is 19.3. The van der Waals surface area contributed by atoms with Crippen LogP contribution in [0.5, 0.6) is 11.5 Å². The Morgan fingerprint density at radius 3 is 2.63 bits per heavy atom. The molecule has 3 rings (SSSR count). The van der Waals surface area contributed by atoms with E-state index in [1.165, 1.54) is 0 Å². The van der Waals surface area contributed by atoms with Gasteiger partial charge in [-0.3, -0.25) is 9.69 Å². The van der Waals surface area contributed by atoms with Gasteiger partial charge in [0.25, 0.3) is 5.91 Å². The lowest BCUT2D eigenvalue weighted by molar-refractivity contribution is -0.129. The number of aliphatic imine (C=N–C) groups is 1. The van der Waals surface area contributed by atoms with Crippen molar-refractivity contribution in [3.05, 3.63) is 54.1 Å². The number of amides is 1. The molecule has 0 aliphatic carbocycles. The van der Waals surface area contributed by atoms with Crippen molar-refractivity contribution in [3.63, 3.8) is 0 Å². The molecule has 1 aliphatic rings. The van der Waals surface area contributed by atoms with Gasteiger partial charge in [0.15, 0.2) is 23.3 Å². The molecule has 0 unspecified atom stereocenters. The maximum absolute atomic E-state index is 12.8. The highest BCUT2D eigenvalue weighted by Gasteiger charge is 2.31. The number of hydrogen-bond donors (Lipinski definition) is 0. The standard InChI is InChI=1S/C21H24N2O3S/c1-4-25-18-10-5-6-11-19(18)26-14-20(24)23-13-16(3)27-21(23)22-17-9-7-8-15(2)12-17/h5-12,16H,4,13-14H2,1-3H3/t16-/m0/s1. The molecule has 142 valence electrons. The van der Waals surface area contributed by atoms with Crippen molar-refractivity contribution in [2.75, 3.05) is 19.8 Å². The highest BCUT2D eigenvalue weighted by atomic mass is 32.2. The van der Waals surface area contributed by atoms with Crippen molar-refractivity contribution in [1.29, 1.82) is 0 Å². The van der Waals surface area contributed by atoms with Crippen LogP contribution in [-0.4, -0.2) is 41.0 Å². The lowest BCUT2D eigenvalue weighted by Gasteiger charge is -2.17. The zero-order valence-corrected chi connectivity index (χ0v) is 16.7. The molecule has 0 aromatic heterocycles. The fourth-order valence-corrected chi connectivity index (χ4v) is 3.83. The summed E-state index contributed by atoms with van der Waals surface area (Å²) >= 11 is 1.61. The van der Waals surface area contributed by atoms with Crippen LogP contribution < -0.4 is 9.47 Å². The van der Waals surface area contributed by atoms with Gasteiger partial charge in [-0.25, -0.2) is 4.99 Å². The maximum atomic E-state index is 12.8. The first-order chi connectivity index (χ1) is 13.1. The topological polar surface area (TPSA) is 51.1 Å². The molecule has 1 atom stereocenters. The zero-order chi connectivity index (χ0) is 19.2. The molecule has 0 radical (unpaired) electrons.